The van der Waals surface area contributed by atoms with Gasteiger partial charge in [0, 0.05) is 30.1 Å². The normalized spacial score (nSPS) is 15.3. The van der Waals surface area contributed by atoms with Gasteiger partial charge in [-0.1, -0.05) is 25.5 Å². The number of aromatic nitrogens is 1. The molecule has 2 heterocycles. The third-order valence-corrected chi connectivity index (χ3v) is 6.15. The van der Waals surface area contributed by atoms with E-state index in [1.165, 1.54) is 36.2 Å². The van der Waals surface area contributed by atoms with Gasteiger partial charge < -0.3 is 0 Å². The van der Waals surface area contributed by atoms with E-state index in [2.05, 4.69) is 46.3 Å². The van der Waals surface area contributed by atoms with Crippen LogP contribution in [0.15, 0.2) is 29.6 Å². The van der Waals surface area contributed by atoms with Gasteiger partial charge in [-0.3, -0.25) is 19.9 Å². The van der Waals surface area contributed by atoms with Crippen molar-refractivity contribution >= 4 is 22.4 Å². The molecule has 0 radical (unpaired) electrons. The van der Waals surface area contributed by atoms with E-state index < -0.39 is 0 Å². The molecule has 0 unspecified atom stereocenters. The van der Waals surface area contributed by atoms with Crippen LogP contribution in [0.1, 0.15) is 61.6 Å². The number of nitrogens with zero attached hydrogens (tertiary/aromatic N) is 3. The van der Waals surface area contributed by atoms with Gasteiger partial charge in [0.1, 0.15) is 0 Å². The summed E-state index contributed by atoms with van der Waals surface area (Å²) in [4.78, 5) is 22.0. The Balaban J connectivity index is 1.54. The lowest BCUT2D eigenvalue weighted by atomic mass is 10.1. The second-order valence-electron chi connectivity index (χ2n) is 7.79. The summed E-state index contributed by atoms with van der Waals surface area (Å²) in [5.41, 5.74) is 2.94. The van der Waals surface area contributed by atoms with Gasteiger partial charge in [0.05, 0.1) is 5.69 Å². The van der Waals surface area contributed by atoms with Crippen molar-refractivity contribution in [1.82, 2.24) is 14.8 Å². The molecule has 3 rings (SSSR count). The van der Waals surface area contributed by atoms with Crippen LogP contribution in [0, 0.1) is 0 Å². The van der Waals surface area contributed by atoms with E-state index in [1.54, 1.807) is 0 Å². The van der Waals surface area contributed by atoms with Crippen LogP contribution in [0.25, 0.3) is 0 Å². The molecule has 1 aromatic carbocycles. The fourth-order valence-electron chi connectivity index (χ4n) is 3.61. The molecule has 0 aliphatic carbocycles. The van der Waals surface area contributed by atoms with E-state index in [-0.39, 0.29) is 5.91 Å². The number of nitrogens with one attached hydrogen (secondary N) is 1. The second kappa shape index (κ2) is 10.1. The van der Waals surface area contributed by atoms with E-state index in [1.807, 2.05) is 24.3 Å². The van der Waals surface area contributed by atoms with E-state index in [9.17, 15) is 4.79 Å². The topological polar surface area (TPSA) is 48.5 Å². The highest BCUT2D eigenvalue weighted by atomic mass is 32.1. The van der Waals surface area contributed by atoms with E-state index in [4.69, 9.17) is 0 Å². The zero-order chi connectivity index (χ0) is 19.9. The Morgan fingerprint density at radius 2 is 1.93 bits per heavy atom. The zero-order valence-electron chi connectivity index (χ0n) is 17.3. The van der Waals surface area contributed by atoms with Crippen LogP contribution in [0.3, 0.4) is 0 Å². The fraction of sp³-hybridized carbons (Fsp3) is 0.545. The molecule has 1 aliphatic heterocycles. The molecule has 1 saturated heterocycles. The van der Waals surface area contributed by atoms with Crippen molar-refractivity contribution in [2.75, 3.05) is 25.0 Å². The number of piperidine rings is 1. The van der Waals surface area contributed by atoms with Crippen LogP contribution in [0.5, 0.6) is 0 Å². The number of likely N-dealkylation sites (tertiary alicyclic amines) is 1. The van der Waals surface area contributed by atoms with Gasteiger partial charge in [-0.25, -0.2) is 4.98 Å². The van der Waals surface area contributed by atoms with Gasteiger partial charge in [0.2, 0.25) is 0 Å². The Bertz CT molecular complexity index is 750. The Morgan fingerprint density at radius 1 is 1.21 bits per heavy atom. The highest BCUT2D eigenvalue weighted by Crippen LogP contribution is 2.20. The number of hydrogen-bond acceptors (Lipinski definition) is 5. The number of carbonyl (C=O) groups is 1. The van der Waals surface area contributed by atoms with Crippen LogP contribution in [-0.2, 0) is 13.1 Å². The first kappa shape index (κ1) is 21.0. The lowest BCUT2D eigenvalue weighted by molar-refractivity contribution is 0.102. The van der Waals surface area contributed by atoms with Crippen molar-refractivity contribution < 1.29 is 4.79 Å². The number of thiazole rings is 1. The largest absolute Gasteiger partial charge is 0.298 e. The van der Waals surface area contributed by atoms with Crippen molar-refractivity contribution in [2.45, 2.75) is 59.2 Å². The lowest BCUT2D eigenvalue weighted by Crippen LogP contribution is -2.29. The molecule has 1 aliphatic rings. The number of benzene rings is 1. The van der Waals surface area contributed by atoms with Crippen molar-refractivity contribution in [3.8, 4) is 0 Å². The maximum Gasteiger partial charge on any atom is 0.257 e. The van der Waals surface area contributed by atoms with E-state index >= 15 is 0 Å². The summed E-state index contributed by atoms with van der Waals surface area (Å²) in [7, 11) is 0. The third-order valence-electron chi connectivity index (χ3n) is 5.34. The maximum absolute atomic E-state index is 12.5. The van der Waals surface area contributed by atoms with Crippen LogP contribution in [0.2, 0.25) is 0 Å². The van der Waals surface area contributed by atoms with Gasteiger partial charge in [-0.15, -0.1) is 11.3 Å². The molecule has 2 aromatic rings. The second-order valence-corrected chi connectivity index (χ2v) is 8.65. The monoisotopic (exact) mass is 400 g/mol. The molecule has 0 bridgehead atoms. The predicted molar refractivity (Wildman–Crippen MR) is 117 cm³/mol. The minimum Gasteiger partial charge on any atom is -0.298 e. The Labute approximate surface area is 172 Å². The summed E-state index contributed by atoms with van der Waals surface area (Å²) in [6.07, 6.45) is 3.88. The number of rotatable bonds is 8. The average Bonchev–Trinajstić information content (AvgIpc) is 3.13. The first-order chi connectivity index (χ1) is 13.5. The summed E-state index contributed by atoms with van der Waals surface area (Å²) in [6.45, 7) is 11.7. The summed E-state index contributed by atoms with van der Waals surface area (Å²) in [5.74, 6) is -0.0957. The number of amides is 1. The molecule has 28 heavy (non-hydrogen) atoms. The van der Waals surface area contributed by atoms with Gasteiger partial charge >= 0.3 is 0 Å². The SMILES string of the molecule is CCN(Cc1ccc(C(=O)Nc2nc(CN3CCCCC3)cs2)cc1)C(C)C. The Morgan fingerprint density at radius 3 is 2.57 bits per heavy atom. The maximum atomic E-state index is 12.5. The quantitative estimate of drug-likeness (QED) is 0.703. The summed E-state index contributed by atoms with van der Waals surface area (Å²) < 4.78 is 0. The summed E-state index contributed by atoms with van der Waals surface area (Å²) >= 11 is 1.50. The number of anilines is 1. The van der Waals surface area contributed by atoms with Crippen molar-refractivity contribution in [2.24, 2.45) is 0 Å². The molecule has 152 valence electrons. The Hall–Kier alpha value is -1.76. The van der Waals surface area contributed by atoms with Crippen LogP contribution < -0.4 is 5.32 Å². The Kier molecular flexibility index (Phi) is 7.59. The van der Waals surface area contributed by atoms with E-state index in [0.29, 0.717) is 16.7 Å². The van der Waals surface area contributed by atoms with Crippen molar-refractivity contribution in [3.63, 3.8) is 0 Å². The van der Waals surface area contributed by atoms with Crippen molar-refractivity contribution in [3.05, 3.63) is 46.5 Å². The van der Waals surface area contributed by atoms with Crippen LogP contribution in [0.4, 0.5) is 5.13 Å². The first-order valence-electron chi connectivity index (χ1n) is 10.4. The molecule has 5 nitrogen and oxygen atoms in total. The van der Waals surface area contributed by atoms with Crippen LogP contribution in [-0.4, -0.2) is 46.4 Å². The van der Waals surface area contributed by atoms with Gasteiger partial charge in [-0.05, 0) is 64.0 Å². The highest BCUT2D eigenvalue weighted by molar-refractivity contribution is 7.13. The number of carbonyl (C=O) groups excluding carboxylic acids is 1. The molecule has 1 amide bonds. The molecule has 1 N–H and O–H groups in total. The molecule has 0 spiro atoms. The average molecular weight is 401 g/mol. The van der Waals surface area contributed by atoms with E-state index in [0.717, 1.165) is 38.4 Å². The van der Waals surface area contributed by atoms with Gasteiger partial charge in [0.25, 0.3) is 5.91 Å². The molecular weight excluding hydrogens is 368 g/mol. The molecule has 1 aromatic heterocycles. The molecular formula is C22H32N4OS. The van der Waals surface area contributed by atoms with Gasteiger partial charge in [-0.2, -0.15) is 0 Å². The highest BCUT2D eigenvalue weighted by Gasteiger charge is 2.14. The van der Waals surface area contributed by atoms with Crippen LogP contribution >= 0.6 is 11.3 Å². The fourth-order valence-corrected chi connectivity index (χ4v) is 4.30. The molecule has 1 fully saturated rings. The lowest BCUT2D eigenvalue weighted by Gasteiger charge is -2.25. The third kappa shape index (κ3) is 5.87. The summed E-state index contributed by atoms with van der Waals surface area (Å²) in [5, 5.41) is 5.68. The smallest absolute Gasteiger partial charge is 0.257 e. The molecule has 6 heteroatoms. The van der Waals surface area contributed by atoms with Crippen molar-refractivity contribution in [1.29, 1.82) is 0 Å². The molecule has 0 saturated carbocycles. The predicted octanol–water partition coefficient (Wildman–Crippen LogP) is 4.61. The molecule has 0 atom stereocenters. The standard InChI is InChI=1S/C22H32N4OS/c1-4-26(17(2)3)14-18-8-10-19(11-9-18)21(27)24-22-23-20(16-28-22)15-25-12-6-5-7-13-25/h8-11,16-17H,4-7,12-15H2,1-3H3,(H,23,24,27). The van der Waals surface area contributed by atoms with Gasteiger partial charge in [0.15, 0.2) is 5.13 Å². The minimum atomic E-state index is -0.0957. The number of hydrogen-bond donors (Lipinski definition) is 1. The zero-order valence-corrected chi connectivity index (χ0v) is 18.1. The first-order valence-corrected chi connectivity index (χ1v) is 11.2. The summed E-state index contributed by atoms with van der Waals surface area (Å²) in [6, 6.07) is 8.41. The minimum absolute atomic E-state index is 0.0957.